The van der Waals surface area contributed by atoms with Crippen molar-refractivity contribution in [3.05, 3.63) is 35.7 Å². The minimum Gasteiger partial charge on any atom is -0.496 e. The van der Waals surface area contributed by atoms with Crippen molar-refractivity contribution in [1.29, 1.82) is 5.26 Å². The van der Waals surface area contributed by atoms with Crippen LogP contribution in [0.4, 0.5) is 0 Å². The van der Waals surface area contributed by atoms with E-state index in [0.29, 0.717) is 12.3 Å². The second kappa shape index (κ2) is 5.79. The molecule has 0 N–H and O–H groups in total. The second-order valence-electron chi connectivity index (χ2n) is 5.08. The Balaban J connectivity index is 2.48. The molecule has 0 aliphatic rings. The average molecular weight is 269 g/mol. The molecule has 4 heteroatoms. The Morgan fingerprint density at radius 2 is 2.15 bits per heavy atom. The first-order chi connectivity index (χ1) is 9.58. The molecule has 1 aromatic heterocycles. The third kappa shape index (κ3) is 2.53. The van der Waals surface area contributed by atoms with Crippen LogP contribution < -0.4 is 4.74 Å². The van der Waals surface area contributed by atoms with E-state index in [1.165, 1.54) is 0 Å². The minimum absolute atomic E-state index is 0.372. The van der Waals surface area contributed by atoms with Crippen LogP contribution in [0.15, 0.2) is 24.4 Å². The van der Waals surface area contributed by atoms with E-state index in [2.05, 4.69) is 31.0 Å². The van der Waals surface area contributed by atoms with Gasteiger partial charge in [0, 0.05) is 18.8 Å². The number of imidazole rings is 1. The first-order valence-corrected chi connectivity index (χ1v) is 6.64. The first kappa shape index (κ1) is 14.1. The highest BCUT2D eigenvalue weighted by molar-refractivity contribution is 5.60. The van der Waals surface area contributed by atoms with Crippen molar-refractivity contribution in [3.8, 4) is 23.2 Å². The molecule has 4 nitrogen and oxygen atoms in total. The van der Waals surface area contributed by atoms with Crippen molar-refractivity contribution in [1.82, 2.24) is 9.55 Å². The molecule has 1 heterocycles. The van der Waals surface area contributed by atoms with Crippen LogP contribution in [0.3, 0.4) is 0 Å². The topological polar surface area (TPSA) is 50.8 Å². The number of rotatable bonds is 4. The molecule has 0 saturated carbocycles. The Morgan fingerprint density at radius 1 is 1.40 bits per heavy atom. The zero-order valence-corrected chi connectivity index (χ0v) is 12.3. The van der Waals surface area contributed by atoms with Gasteiger partial charge in [-0.3, -0.25) is 0 Å². The fourth-order valence-electron chi connectivity index (χ4n) is 2.28. The van der Waals surface area contributed by atoms with Gasteiger partial charge in [0.2, 0.25) is 0 Å². The summed E-state index contributed by atoms with van der Waals surface area (Å²) in [4.78, 5) is 4.43. The monoisotopic (exact) mass is 269 g/mol. The lowest BCUT2D eigenvalue weighted by Gasteiger charge is -2.13. The van der Waals surface area contributed by atoms with Crippen LogP contribution in [-0.2, 0) is 13.5 Å². The van der Waals surface area contributed by atoms with Gasteiger partial charge in [-0.1, -0.05) is 13.8 Å². The van der Waals surface area contributed by atoms with Crippen LogP contribution >= 0.6 is 0 Å². The van der Waals surface area contributed by atoms with E-state index < -0.39 is 0 Å². The van der Waals surface area contributed by atoms with E-state index in [1.807, 2.05) is 23.7 Å². The van der Waals surface area contributed by atoms with Gasteiger partial charge in [-0.25, -0.2) is 4.98 Å². The van der Waals surface area contributed by atoms with Crippen LogP contribution in [0, 0.1) is 11.3 Å². The summed E-state index contributed by atoms with van der Waals surface area (Å²) in [7, 11) is 3.63. The normalized spacial score (nSPS) is 10.6. The zero-order chi connectivity index (χ0) is 14.7. The summed E-state index contributed by atoms with van der Waals surface area (Å²) in [5.74, 6) is 2.15. The van der Waals surface area contributed by atoms with E-state index >= 15 is 0 Å². The van der Waals surface area contributed by atoms with Gasteiger partial charge in [-0.05, 0) is 29.7 Å². The second-order valence-corrected chi connectivity index (χ2v) is 5.08. The highest BCUT2D eigenvalue weighted by Crippen LogP contribution is 2.31. The number of hydrogen-bond acceptors (Lipinski definition) is 3. The van der Waals surface area contributed by atoms with Gasteiger partial charge in [0.15, 0.2) is 0 Å². The maximum atomic E-state index is 8.80. The summed E-state index contributed by atoms with van der Waals surface area (Å²) in [6.07, 6.45) is 2.13. The van der Waals surface area contributed by atoms with Gasteiger partial charge < -0.3 is 9.30 Å². The summed E-state index contributed by atoms with van der Waals surface area (Å²) in [5, 5.41) is 8.80. The lowest BCUT2D eigenvalue weighted by molar-refractivity contribution is 0.407. The van der Waals surface area contributed by atoms with Gasteiger partial charge >= 0.3 is 0 Å². The molecule has 0 amide bonds. The maximum absolute atomic E-state index is 8.80. The molecule has 0 bridgehead atoms. The number of methoxy groups -OCH3 is 1. The number of benzene rings is 1. The summed E-state index contributed by atoms with van der Waals surface area (Å²) in [6, 6.07) is 8.25. The number of nitriles is 1. The van der Waals surface area contributed by atoms with Crippen molar-refractivity contribution in [2.45, 2.75) is 26.2 Å². The van der Waals surface area contributed by atoms with Crippen LogP contribution in [-0.4, -0.2) is 16.7 Å². The van der Waals surface area contributed by atoms with Crippen molar-refractivity contribution >= 4 is 0 Å². The number of hydrogen-bond donors (Lipinski definition) is 0. The van der Waals surface area contributed by atoms with E-state index in [4.69, 9.17) is 10.00 Å². The lowest BCUT2D eigenvalue weighted by Crippen LogP contribution is -2.00. The summed E-state index contributed by atoms with van der Waals surface area (Å²) in [6.45, 7) is 4.28. The summed E-state index contributed by atoms with van der Waals surface area (Å²) < 4.78 is 7.37. The standard InChI is InChI=1S/C16H19N3O/c1-11(2)14-9-12(5-6-15(14)20-4)16-18-10-13(7-8-17)19(16)3/h5-6,9-11H,7H2,1-4H3. The van der Waals surface area contributed by atoms with Gasteiger partial charge in [-0.2, -0.15) is 5.26 Å². The van der Waals surface area contributed by atoms with Crippen molar-refractivity contribution in [2.75, 3.05) is 7.11 Å². The molecule has 0 spiro atoms. The smallest absolute Gasteiger partial charge is 0.139 e. The molecule has 0 radical (unpaired) electrons. The largest absolute Gasteiger partial charge is 0.496 e. The van der Waals surface area contributed by atoms with E-state index in [-0.39, 0.29) is 0 Å². The molecule has 1 aromatic carbocycles. The molecule has 0 saturated heterocycles. The third-order valence-electron chi connectivity index (χ3n) is 3.45. The van der Waals surface area contributed by atoms with E-state index in [0.717, 1.165) is 28.4 Å². The molecule has 0 atom stereocenters. The number of ether oxygens (including phenoxy) is 1. The zero-order valence-electron chi connectivity index (χ0n) is 12.3. The Morgan fingerprint density at radius 3 is 2.75 bits per heavy atom. The Labute approximate surface area is 119 Å². The first-order valence-electron chi connectivity index (χ1n) is 6.64. The molecule has 0 aliphatic carbocycles. The SMILES string of the molecule is COc1ccc(-c2ncc(CC#N)n2C)cc1C(C)C. The molecule has 20 heavy (non-hydrogen) atoms. The Hall–Kier alpha value is -2.28. The molecular formula is C16H19N3O. The molecular weight excluding hydrogens is 250 g/mol. The van der Waals surface area contributed by atoms with E-state index in [9.17, 15) is 0 Å². The van der Waals surface area contributed by atoms with Crippen LogP contribution in [0.2, 0.25) is 0 Å². The highest BCUT2D eigenvalue weighted by Gasteiger charge is 2.13. The number of nitrogens with zero attached hydrogens (tertiary/aromatic N) is 3. The molecule has 2 aromatic rings. The minimum atomic E-state index is 0.372. The highest BCUT2D eigenvalue weighted by atomic mass is 16.5. The predicted molar refractivity (Wildman–Crippen MR) is 78.6 cm³/mol. The maximum Gasteiger partial charge on any atom is 0.139 e. The predicted octanol–water partition coefficient (Wildman–Crippen LogP) is 3.29. The third-order valence-corrected chi connectivity index (χ3v) is 3.45. The van der Waals surface area contributed by atoms with Crippen molar-refractivity contribution in [3.63, 3.8) is 0 Å². The average Bonchev–Trinajstić information content (AvgIpc) is 2.80. The van der Waals surface area contributed by atoms with Crippen LogP contribution in [0.5, 0.6) is 5.75 Å². The van der Waals surface area contributed by atoms with E-state index in [1.54, 1.807) is 13.3 Å². The fourth-order valence-corrected chi connectivity index (χ4v) is 2.28. The van der Waals surface area contributed by atoms with Crippen molar-refractivity contribution in [2.24, 2.45) is 7.05 Å². The van der Waals surface area contributed by atoms with Gasteiger partial charge in [0.1, 0.15) is 11.6 Å². The van der Waals surface area contributed by atoms with Crippen LogP contribution in [0.25, 0.3) is 11.4 Å². The molecule has 0 unspecified atom stereocenters. The van der Waals surface area contributed by atoms with Crippen molar-refractivity contribution < 1.29 is 4.74 Å². The van der Waals surface area contributed by atoms with Crippen LogP contribution in [0.1, 0.15) is 31.0 Å². The Bertz CT molecular complexity index is 650. The fraction of sp³-hybridized carbons (Fsp3) is 0.375. The summed E-state index contributed by atoms with van der Waals surface area (Å²) in [5.41, 5.74) is 3.13. The summed E-state index contributed by atoms with van der Waals surface area (Å²) >= 11 is 0. The van der Waals surface area contributed by atoms with Gasteiger partial charge in [0.25, 0.3) is 0 Å². The lowest BCUT2D eigenvalue weighted by atomic mass is 9.99. The quantitative estimate of drug-likeness (QED) is 0.855. The molecule has 0 fully saturated rings. The molecule has 0 aliphatic heterocycles. The molecule has 2 rings (SSSR count). The molecule has 104 valence electrons. The van der Waals surface area contributed by atoms with Gasteiger partial charge in [0.05, 0.1) is 25.3 Å². The Kier molecular flexibility index (Phi) is 4.09. The van der Waals surface area contributed by atoms with Gasteiger partial charge in [-0.15, -0.1) is 0 Å². The number of aromatic nitrogens is 2.